The Morgan fingerprint density at radius 1 is 1.05 bits per heavy atom. The average Bonchev–Trinajstić information content (AvgIpc) is 2.46. The first-order valence-electron chi connectivity index (χ1n) is 6.61. The van der Waals surface area contributed by atoms with Gasteiger partial charge in [0, 0.05) is 5.56 Å². The van der Waals surface area contributed by atoms with Gasteiger partial charge in [0.25, 0.3) is 0 Å². The van der Waals surface area contributed by atoms with Crippen LogP contribution in [-0.4, -0.2) is 6.61 Å². The highest BCUT2D eigenvalue weighted by Crippen LogP contribution is 2.26. The monoisotopic (exact) mass is 248 g/mol. The van der Waals surface area contributed by atoms with Crippen molar-refractivity contribution in [1.82, 2.24) is 0 Å². The van der Waals surface area contributed by atoms with Crippen LogP contribution in [0.25, 0.3) is 0 Å². The largest absolute Gasteiger partial charge is 0.360 e. The van der Waals surface area contributed by atoms with Gasteiger partial charge in [-0.1, -0.05) is 54.3 Å². The van der Waals surface area contributed by atoms with Gasteiger partial charge >= 0.3 is 0 Å². The Bertz CT molecular complexity index is 646. The van der Waals surface area contributed by atoms with E-state index >= 15 is 0 Å². The molecule has 94 valence electrons. The van der Waals surface area contributed by atoms with Gasteiger partial charge in [0.1, 0.15) is 6.10 Å². The average molecular weight is 248 g/mol. The summed E-state index contributed by atoms with van der Waals surface area (Å²) in [5.74, 6) is 6.51. The predicted octanol–water partition coefficient (Wildman–Crippen LogP) is 3.66. The summed E-state index contributed by atoms with van der Waals surface area (Å²) in [5, 5.41) is 0. The molecule has 2 aromatic carbocycles. The smallest absolute Gasteiger partial charge is 0.144 e. The molecule has 0 spiro atoms. The summed E-state index contributed by atoms with van der Waals surface area (Å²) < 4.78 is 5.79. The number of ether oxygens (including phenoxy) is 1. The number of hydrogen-bond donors (Lipinski definition) is 0. The highest BCUT2D eigenvalue weighted by atomic mass is 16.5. The van der Waals surface area contributed by atoms with Crippen LogP contribution in [0.2, 0.25) is 0 Å². The maximum Gasteiger partial charge on any atom is 0.144 e. The van der Waals surface area contributed by atoms with E-state index in [4.69, 9.17) is 4.74 Å². The van der Waals surface area contributed by atoms with Crippen molar-refractivity contribution < 1.29 is 4.74 Å². The molecule has 0 N–H and O–H groups in total. The van der Waals surface area contributed by atoms with Gasteiger partial charge < -0.3 is 4.74 Å². The minimum Gasteiger partial charge on any atom is -0.360 e. The summed E-state index contributed by atoms with van der Waals surface area (Å²) in [6.07, 6.45) is 0.892. The molecule has 1 aliphatic rings. The highest BCUT2D eigenvalue weighted by Gasteiger charge is 2.17. The Labute approximate surface area is 114 Å². The maximum atomic E-state index is 5.79. The van der Waals surface area contributed by atoms with Crippen molar-refractivity contribution in [3.05, 3.63) is 70.8 Å². The number of hydrogen-bond acceptors (Lipinski definition) is 1. The fraction of sp³-hybridized carbons (Fsp3) is 0.222. The first-order chi connectivity index (χ1) is 9.34. The molecule has 19 heavy (non-hydrogen) atoms. The van der Waals surface area contributed by atoms with Crippen LogP contribution in [0.1, 0.15) is 28.4 Å². The zero-order chi connectivity index (χ0) is 13.1. The van der Waals surface area contributed by atoms with Crippen LogP contribution in [0, 0.1) is 18.8 Å². The van der Waals surface area contributed by atoms with E-state index < -0.39 is 0 Å². The predicted molar refractivity (Wildman–Crippen MR) is 76.9 cm³/mol. The molecule has 0 aromatic heterocycles. The molecular formula is C18H16O. The van der Waals surface area contributed by atoms with E-state index in [1.165, 1.54) is 16.7 Å². The van der Waals surface area contributed by atoms with E-state index in [9.17, 15) is 0 Å². The molecule has 0 aliphatic carbocycles. The van der Waals surface area contributed by atoms with Crippen molar-refractivity contribution >= 4 is 0 Å². The Morgan fingerprint density at radius 2 is 1.84 bits per heavy atom. The number of fused-ring (bicyclic) bond motifs is 1. The van der Waals surface area contributed by atoms with Crippen molar-refractivity contribution in [3.8, 4) is 11.8 Å². The van der Waals surface area contributed by atoms with Gasteiger partial charge in [0.15, 0.2) is 0 Å². The van der Waals surface area contributed by atoms with Crippen LogP contribution < -0.4 is 0 Å². The first-order valence-corrected chi connectivity index (χ1v) is 6.61. The molecule has 0 fully saturated rings. The summed E-state index contributed by atoms with van der Waals surface area (Å²) in [6, 6.07) is 16.6. The van der Waals surface area contributed by atoms with Crippen molar-refractivity contribution in [2.45, 2.75) is 19.4 Å². The molecule has 0 radical (unpaired) electrons. The van der Waals surface area contributed by atoms with E-state index in [2.05, 4.69) is 55.2 Å². The fourth-order valence-corrected chi connectivity index (χ4v) is 2.37. The molecule has 3 rings (SSSR count). The van der Waals surface area contributed by atoms with E-state index in [0.717, 1.165) is 18.6 Å². The quantitative estimate of drug-likeness (QED) is 0.646. The molecule has 0 saturated heterocycles. The molecule has 1 atom stereocenters. The minimum atomic E-state index is -0.0930. The molecule has 1 aliphatic heterocycles. The summed E-state index contributed by atoms with van der Waals surface area (Å²) in [6.45, 7) is 2.84. The molecule has 0 saturated carbocycles. The summed E-state index contributed by atoms with van der Waals surface area (Å²) >= 11 is 0. The minimum absolute atomic E-state index is 0.0930. The molecule has 0 amide bonds. The number of benzene rings is 2. The van der Waals surface area contributed by atoms with Gasteiger partial charge in [-0.15, -0.1) is 0 Å². The van der Waals surface area contributed by atoms with Crippen LogP contribution >= 0.6 is 0 Å². The molecule has 1 heterocycles. The summed E-state index contributed by atoms with van der Waals surface area (Å²) in [7, 11) is 0. The van der Waals surface area contributed by atoms with E-state index in [1.807, 2.05) is 12.1 Å². The third-order valence-electron chi connectivity index (χ3n) is 3.48. The molecule has 0 bridgehead atoms. The van der Waals surface area contributed by atoms with E-state index in [0.29, 0.717) is 0 Å². The van der Waals surface area contributed by atoms with Crippen LogP contribution in [-0.2, 0) is 11.2 Å². The maximum absolute atomic E-state index is 5.79. The Hall–Kier alpha value is -2.04. The Morgan fingerprint density at radius 3 is 2.74 bits per heavy atom. The number of aryl methyl sites for hydroxylation is 1. The zero-order valence-electron chi connectivity index (χ0n) is 11.0. The fourth-order valence-electron chi connectivity index (χ4n) is 2.37. The zero-order valence-corrected chi connectivity index (χ0v) is 11.0. The molecular weight excluding hydrogens is 232 g/mol. The van der Waals surface area contributed by atoms with Crippen LogP contribution in [0.3, 0.4) is 0 Å². The second-order valence-corrected chi connectivity index (χ2v) is 4.78. The highest BCUT2D eigenvalue weighted by molar-refractivity contribution is 5.43. The first kappa shape index (κ1) is 12.0. The topological polar surface area (TPSA) is 9.23 Å². The lowest BCUT2D eigenvalue weighted by Gasteiger charge is -2.21. The lowest BCUT2D eigenvalue weighted by molar-refractivity contribution is 0.0814. The van der Waals surface area contributed by atoms with E-state index in [-0.39, 0.29) is 6.10 Å². The van der Waals surface area contributed by atoms with Crippen molar-refractivity contribution in [2.24, 2.45) is 0 Å². The molecule has 1 heteroatoms. The van der Waals surface area contributed by atoms with Crippen LogP contribution in [0.4, 0.5) is 0 Å². The van der Waals surface area contributed by atoms with Crippen molar-refractivity contribution in [3.63, 3.8) is 0 Å². The van der Waals surface area contributed by atoms with Gasteiger partial charge in [-0.05, 0) is 36.1 Å². The second-order valence-electron chi connectivity index (χ2n) is 4.78. The number of rotatable bonds is 0. The normalized spacial score (nSPS) is 17.2. The Balaban J connectivity index is 1.92. The lowest BCUT2D eigenvalue weighted by Crippen LogP contribution is -2.14. The third kappa shape index (κ3) is 2.54. The van der Waals surface area contributed by atoms with Gasteiger partial charge in [-0.3, -0.25) is 0 Å². The Kier molecular flexibility index (Phi) is 3.35. The van der Waals surface area contributed by atoms with Gasteiger partial charge in [-0.25, -0.2) is 0 Å². The van der Waals surface area contributed by atoms with Crippen molar-refractivity contribution in [1.29, 1.82) is 0 Å². The standard InChI is InChI=1S/C18H16O/c1-14-6-2-3-7-15(14)10-11-18-17-9-5-4-8-16(17)12-13-19-18/h2-9,18H,12-13H2,1H3. The molecule has 1 nitrogen and oxygen atoms in total. The molecule has 2 aromatic rings. The lowest BCUT2D eigenvalue weighted by atomic mass is 9.97. The van der Waals surface area contributed by atoms with Crippen molar-refractivity contribution in [2.75, 3.05) is 6.61 Å². The van der Waals surface area contributed by atoms with Gasteiger partial charge in [0.2, 0.25) is 0 Å². The second kappa shape index (κ2) is 5.30. The van der Waals surface area contributed by atoms with Crippen LogP contribution in [0.5, 0.6) is 0 Å². The summed E-state index contributed by atoms with van der Waals surface area (Å²) in [4.78, 5) is 0. The van der Waals surface area contributed by atoms with E-state index in [1.54, 1.807) is 0 Å². The van der Waals surface area contributed by atoms with Gasteiger partial charge in [-0.2, -0.15) is 0 Å². The van der Waals surface area contributed by atoms with Crippen LogP contribution in [0.15, 0.2) is 48.5 Å². The van der Waals surface area contributed by atoms with Gasteiger partial charge in [0.05, 0.1) is 6.61 Å². The molecule has 1 unspecified atom stereocenters. The SMILES string of the molecule is Cc1ccccc1C#CC1OCCc2ccccc21. The summed E-state index contributed by atoms with van der Waals surface area (Å²) in [5.41, 5.74) is 4.86. The third-order valence-corrected chi connectivity index (χ3v) is 3.48.